The number of hydrogen-bond acceptors (Lipinski definition) is 6. The summed E-state index contributed by atoms with van der Waals surface area (Å²) in [4.78, 5) is 6.56. The SMILES string of the molecule is CN(c1ccc(-c2ccc3cc(Br)cnc3c2O)nn1)C1CC(C)(C)NC(C)(C)C1. The Balaban J connectivity index is 1.61. The molecule has 7 heteroatoms. The van der Waals surface area contributed by atoms with Crippen molar-refractivity contribution in [3.63, 3.8) is 0 Å². The molecule has 0 spiro atoms. The van der Waals surface area contributed by atoms with E-state index in [4.69, 9.17) is 0 Å². The quantitative estimate of drug-likeness (QED) is 0.567. The zero-order valence-corrected chi connectivity index (χ0v) is 19.7. The van der Waals surface area contributed by atoms with Crippen LogP contribution >= 0.6 is 15.9 Å². The van der Waals surface area contributed by atoms with Gasteiger partial charge in [0.2, 0.25) is 0 Å². The van der Waals surface area contributed by atoms with Crippen LogP contribution in [0.2, 0.25) is 0 Å². The van der Waals surface area contributed by atoms with Crippen LogP contribution in [0.3, 0.4) is 0 Å². The van der Waals surface area contributed by atoms with Crippen LogP contribution in [0.5, 0.6) is 5.75 Å². The lowest BCUT2D eigenvalue weighted by Crippen LogP contribution is -2.62. The fourth-order valence-corrected chi connectivity index (χ4v) is 5.10. The highest BCUT2D eigenvalue weighted by molar-refractivity contribution is 9.10. The van der Waals surface area contributed by atoms with E-state index in [-0.39, 0.29) is 16.8 Å². The van der Waals surface area contributed by atoms with E-state index in [1.165, 1.54) is 0 Å². The normalized spacial score (nSPS) is 18.5. The maximum absolute atomic E-state index is 10.7. The first kappa shape index (κ1) is 21.0. The zero-order chi connectivity index (χ0) is 21.7. The Hall–Kier alpha value is -2.25. The molecule has 3 heterocycles. The van der Waals surface area contributed by atoms with Gasteiger partial charge >= 0.3 is 0 Å². The van der Waals surface area contributed by atoms with Gasteiger partial charge in [0, 0.05) is 45.8 Å². The Morgan fingerprint density at radius 2 is 1.77 bits per heavy atom. The van der Waals surface area contributed by atoms with Gasteiger partial charge in [0.15, 0.2) is 11.6 Å². The molecule has 0 saturated carbocycles. The molecule has 1 aliphatic rings. The van der Waals surface area contributed by atoms with Crippen molar-refractivity contribution >= 4 is 32.7 Å². The molecule has 0 amide bonds. The Morgan fingerprint density at radius 1 is 1.07 bits per heavy atom. The lowest BCUT2D eigenvalue weighted by molar-refractivity contribution is 0.160. The van der Waals surface area contributed by atoms with E-state index in [9.17, 15) is 5.11 Å². The highest BCUT2D eigenvalue weighted by atomic mass is 79.9. The number of rotatable bonds is 3. The van der Waals surface area contributed by atoms with Gasteiger partial charge in [-0.3, -0.25) is 4.98 Å². The highest BCUT2D eigenvalue weighted by Crippen LogP contribution is 2.36. The first-order valence-electron chi connectivity index (χ1n) is 10.2. The molecule has 0 bridgehead atoms. The molecule has 30 heavy (non-hydrogen) atoms. The van der Waals surface area contributed by atoms with Crippen molar-refractivity contribution in [1.82, 2.24) is 20.5 Å². The molecule has 1 aliphatic heterocycles. The number of hydrogen-bond donors (Lipinski definition) is 2. The molecular weight excluding hydrogens is 442 g/mol. The maximum Gasteiger partial charge on any atom is 0.151 e. The standard InChI is InChI=1S/C23H28BrN5O/c1-22(2)11-16(12-23(3,4)28-22)29(5)19-9-8-18(26-27-19)17-7-6-14-10-15(24)13-25-20(14)21(17)30/h6-10,13,16,28,30H,11-12H2,1-5H3. The summed E-state index contributed by atoms with van der Waals surface area (Å²) in [6.07, 6.45) is 3.74. The van der Waals surface area contributed by atoms with Crippen LogP contribution in [0.25, 0.3) is 22.2 Å². The van der Waals surface area contributed by atoms with E-state index in [2.05, 4.69) is 76.1 Å². The van der Waals surface area contributed by atoms with Gasteiger partial charge < -0.3 is 15.3 Å². The number of piperidine rings is 1. The number of phenolic OH excluding ortho intramolecular Hbond substituents is 1. The van der Waals surface area contributed by atoms with Gasteiger partial charge in [-0.25, -0.2) is 0 Å². The summed E-state index contributed by atoms with van der Waals surface area (Å²) in [5.74, 6) is 0.955. The smallest absolute Gasteiger partial charge is 0.151 e. The van der Waals surface area contributed by atoms with Crippen molar-refractivity contribution in [3.8, 4) is 17.0 Å². The van der Waals surface area contributed by atoms with Crippen LogP contribution in [0.1, 0.15) is 40.5 Å². The van der Waals surface area contributed by atoms with Crippen LogP contribution in [-0.4, -0.2) is 44.5 Å². The monoisotopic (exact) mass is 469 g/mol. The molecule has 0 radical (unpaired) electrons. The molecule has 0 aliphatic carbocycles. The number of aromatic nitrogens is 3. The molecule has 3 aromatic rings. The second-order valence-electron chi connectivity index (χ2n) is 9.53. The van der Waals surface area contributed by atoms with Crippen LogP contribution in [-0.2, 0) is 0 Å². The fourth-order valence-electron chi connectivity index (χ4n) is 4.75. The Bertz CT molecular complexity index is 1060. The second kappa shape index (κ2) is 7.46. The van der Waals surface area contributed by atoms with E-state index in [0.29, 0.717) is 22.8 Å². The summed E-state index contributed by atoms with van der Waals surface area (Å²) in [5, 5.41) is 24.2. The van der Waals surface area contributed by atoms with E-state index >= 15 is 0 Å². The van der Waals surface area contributed by atoms with E-state index in [1.807, 2.05) is 30.3 Å². The average Bonchev–Trinajstić information content (AvgIpc) is 2.65. The molecule has 4 rings (SSSR count). The maximum atomic E-state index is 10.7. The van der Waals surface area contributed by atoms with Crippen molar-refractivity contribution in [3.05, 3.63) is 41.0 Å². The number of anilines is 1. The Morgan fingerprint density at radius 3 is 2.40 bits per heavy atom. The minimum atomic E-state index is 0.0624. The number of nitrogens with zero attached hydrogens (tertiary/aromatic N) is 4. The minimum Gasteiger partial charge on any atom is -0.505 e. The summed E-state index contributed by atoms with van der Waals surface area (Å²) in [6, 6.07) is 9.98. The van der Waals surface area contributed by atoms with E-state index < -0.39 is 0 Å². The minimum absolute atomic E-state index is 0.0624. The van der Waals surface area contributed by atoms with Crippen molar-refractivity contribution in [2.75, 3.05) is 11.9 Å². The number of fused-ring (bicyclic) bond motifs is 1. The number of aromatic hydroxyl groups is 1. The number of benzene rings is 1. The average molecular weight is 470 g/mol. The van der Waals surface area contributed by atoms with E-state index in [1.54, 1.807) is 6.20 Å². The Labute approximate surface area is 185 Å². The third-order valence-corrected chi connectivity index (χ3v) is 6.23. The molecule has 1 fully saturated rings. The third kappa shape index (κ3) is 4.14. The predicted octanol–water partition coefficient (Wildman–Crippen LogP) is 4.91. The van der Waals surface area contributed by atoms with Gasteiger partial charge in [-0.1, -0.05) is 6.07 Å². The highest BCUT2D eigenvalue weighted by Gasteiger charge is 2.39. The zero-order valence-electron chi connectivity index (χ0n) is 18.1. The lowest BCUT2D eigenvalue weighted by Gasteiger charge is -2.49. The van der Waals surface area contributed by atoms with Crippen molar-refractivity contribution in [1.29, 1.82) is 0 Å². The fraction of sp³-hybridized carbons (Fsp3) is 0.435. The van der Waals surface area contributed by atoms with Crippen molar-refractivity contribution in [2.24, 2.45) is 0 Å². The van der Waals surface area contributed by atoms with Crippen LogP contribution in [0, 0.1) is 0 Å². The summed E-state index contributed by atoms with van der Waals surface area (Å²) in [6.45, 7) is 8.99. The molecular formula is C23H28BrN5O. The number of nitrogens with one attached hydrogen (secondary N) is 1. The second-order valence-corrected chi connectivity index (χ2v) is 10.4. The molecule has 2 N–H and O–H groups in total. The van der Waals surface area contributed by atoms with Crippen LogP contribution in [0.4, 0.5) is 5.82 Å². The van der Waals surface area contributed by atoms with Gasteiger partial charge in [-0.15, -0.1) is 10.2 Å². The van der Waals surface area contributed by atoms with Gasteiger partial charge in [0.05, 0.1) is 5.69 Å². The van der Waals surface area contributed by atoms with Gasteiger partial charge in [0.25, 0.3) is 0 Å². The van der Waals surface area contributed by atoms with Crippen LogP contribution in [0.15, 0.2) is 41.0 Å². The van der Waals surface area contributed by atoms with Gasteiger partial charge in [-0.2, -0.15) is 0 Å². The predicted molar refractivity (Wildman–Crippen MR) is 125 cm³/mol. The Kier molecular flexibility index (Phi) is 5.22. The summed E-state index contributed by atoms with van der Waals surface area (Å²) in [5.41, 5.74) is 1.93. The van der Waals surface area contributed by atoms with Crippen molar-refractivity contribution < 1.29 is 5.11 Å². The largest absolute Gasteiger partial charge is 0.505 e. The number of halogens is 1. The molecule has 2 aromatic heterocycles. The third-order valence-electron chi connectivity index (χ3n) is 5.80. The topological polar surface area (TPSA) is 74.2 Å². The number of pyridine rings is 1. The van der Waals surface area contributed by atoms with Gasteiger partial charge in [-0.05, 0) is 80.7 Å². The summed E-state index contributed by atoms with van der Waals surface area (Å²) in [7, 11) is 2.08. The molecule has 1 aromatic carbocycles. The molecule has 1 saturated heterocycles. The first-order chi connectivity index (χ1) is 14.0. The van der Waals surface area contributed by atoms with Crippen molar-refractivity contribution in [2.45, 2.75) is 57.7 Å². The lowest BCUT2D eigenvalue weighted by atomic mass is 9.79. The summed E-state index contributed by atoms with van der Waals surface area (Å²) >= 11 is 3.41. The molecule has 0 unspecified atom stereocenters. The molecule has 158 valence electrons. The number of phenols is 1. The van der Waals surface area contributed by atoms with Gasteiger partial charge in [0.1, 0.15) is 5.52 Å². The first-order valence-corrected chi connectivity index (χ1v) is 11.0. The summed E-state index contributed by atoms with van der Waals surface area (Å²) < 4.78 is 0.874. The van der Waals surface area contributed by atoms with E-state index in [0.717, 1.165) is 28.5 Å². The van der Waals surface area contributed by atoms with Crippen LogP contribution < -0.4 is 10.2 Å². The molecule has 0 atom stereocenters. The molecule has 6 nitrogen and oxygen atoms in total.